The first-order valence-electron chi connectivity index (χ1n) is 10.1. The number of carbonyl (C=O) groups is 2. The maximum atomic E-state index is 13.1. The fourth-order valence-corrected chi connectivity index (χ4v) is 3.99. The number of pyridine rings is 1. The number of benzene rings is 2. The highest BCUT2D eigenvalue weighted by atomic mass is 35.5. The van der Waals surface area contributed by atoms with Crippen LogP contribution in [0.1, 0.15) is 22.9 Å². The van der Waals surface area contributed by atoms with Gasteiger partial charge in [0.1, 0.15) is 5.76 Å². The molecule has 1 N–H and O–H groups in total. The number of carbonyl (C=O) groups excluding carboxylic acids is 2. The number of Topliss-reactive ketones (excluding diaryl/α,β-unsaturated/α-hetero) is 1. The number of nitrogens with zero attached hydrogens (tertiary/aromatic N) is 3. The van der Waals surface area contributed by atoms with Gasteiger partial charge in [0.25, 0.3) is 11.7 Å². The van der Waals surface area contributed by atoms with Crippen LogP contribution in [-0.4, -0.2) is 40.8 Å². The second-order valence-corrected chi connectivity index (χ2v) is 8.18. The molecule has 7 heteroatoms. The lowest BCUT2D eigenvalue weighted by Crippen LogP contribution is -2.29. The number of hydrogen-bond donors (Lipinski definition) is 1. The standard InChI is InChI=1S/C25H22ClN3O3/c1-28(2)20-11-9-16(10-12-20)22-21(23(30)17-6-5-7-18(26)14-17)24(31)25(32)29(22)15-19-8-3-4-13-27-19/h3-14,22,30H,15H2,1-2H3/b23-21-. The van der Waals surface area contributed by atoms with Gasteiger partial charge in [-0.2, -0.15) is 0 Å². The van der Waals surface area contributed by atoms with E-state index in [2.05, 4.69) is 4.98 Å². The SMILES string of the molecule is CN(C)c1ccc(C2/C(=C(/O)c3cccc(Cl)c3)C(=O)C(=O)N2Cc2ccccn2)cc1. The highest BCUT2D eigenvalue weighted by Crippen LogP contribution is 2.40. The highest BCUT2D eigenvalue weighted by molar-refractivity contribution is 6.46. The lowest BCUT2D eigenvalue weighted by Gasteiger charge is -2.25. The van der Waals surface area contributed by atoms with Crippen LogP contribution in [0.3, 0.4) is 0 Å². The molecule has 1 unspecified atom stereocenters. The van der Waals surface area contributed by atoms with Crippen molar-refractivity contribution in [3.05, 3.63) is 100 Å². The van der Waals surface area contributed by atoms with Crippen molar-refractivity contribution in [3.63, 3.8) is 0 Å². The smallest absolute Gasteiger partial charge is 0.296 e. The van der Waals surface area contributed by atoms with Gasteiger partial charge in [-0.05, 0) is 42.0 Å². The summed E-state index contributed by atoms with van der Waals surface area (Å²) in [5.74, 6) is -1.67. The fraction of sp³-hybridized carbons (Fsp3) is 0.160. The van der Waals surface area contributed by atoms with Crippen LogP contribution in [0.15, 0.2) is 78.5 Å². The zero-order valence-electron chi connectivity index (χ0n) is 17.7. The van der Waals surface area contributed by atoms with Gasteiger partial charge in [0.05, 0.1) is 23.9 Å². The van der Waals surface area contributed by atoms with Crippen LogP contribution >= 0.6 is 11.6 Å². The quantitative estimate of drug-likeness (QED) is 0.356. The zero-order valence-corrected chi connectivity index (χ0v) is 18.5. The summed E-state index contributed by atoms with van der Waals surface area (Å²) in [5, 5.41) is 11.5. The van der Waals surface area contributed by atoms with Gasteiger partial charge in [-0.3, -0.25) is 14.6 Å². The Morgan fingerprint density at radius 3 is 2.44 bits per heavy atom. The molecule has 0 bridgehead atoms. The first-order chi connectivity index (χ1) is 15.4. The summed E-state index contributed by atoms with van der Waals surface area (Å²) < 4.78 is 0. The van der Waals surface area contributed by atoms with E-state index in [0.29, 0.717) is 21.8 Å². The lowest BCUT2D eigenvalue weighted by molar-refractivity contribution is -0.140. The molecule has 4 rings (SSSR count). The minimum atomic E-state index is -0.757. The van der Waals surface area contributed by atoms with Crippen LogP contribution < -0.4 is 4.90 Å². The number of amides is 1. The Morgan fingerprint density at radius 2 is 1.81 bits per heavy atom. The molecule has 0 aliphatic carbocycles. The number of rotatable bonds is 5. The van der Waals surface area contributed by atoms with E-state index in [4.69, 9.17) is 11.6 Å². The molecule has 6 nitrogen and oxygen atoms in total. The number of likely N-dealkylation sites (tertiary alicyclic amines) is 1. The normalized spacial score (nSPS) is 17.6. The number of anilines is 1. The van der Waals surface area contributed by atoms with E-state index in [-0.39, 0.29) is 17.9 Å². The minimum absolute atomic E-state index is 0.0331. The monoisotopic (exact) mass is 447 g/mol. The molecule has 1 aromatic heterocycles. The molecule has 1 saturated heterocycles. The Kier molecular flexibility index (Phi) is 5.97. The van der Waals surface area contributed by atoms with Crippen molar-refractivity contribution in [2.75, 3.05) is 19.0 Å². The zero-order chi connectivity index (χ0) is 22.8. The predicted octanol–water partition coefficient (Wildman–Crippen LogP) is 4.42. The van der Waals surface area contributed by atoms with E-state index in [1.807, 2.05) is 49.3 Å². The summed E-state index contributed by atoms with van der Waals surface area (Å²) >= 11 is 6.09. The first kappa shape index (κ1) is 21.6. The molecular formula is C25H22ClN3O3. The van der Waals surface area contributed by atoms with Crippen LogP contribution in [0.25, 0.3) is 5.76 Å². The van der Waals surface area contributed by atoms with E-state index in [9.17, 15) is 14.7 Å². The Hall–Kier alpha value is -3.64. The Balaban J connectivity index is 1.86. The Labute approximate surface area is 191 Å². The molecule has 2 aromatic carbocycles. The number of aliphatic hydroxyl groups is 1. The third kappa shape index (κ3) is 4.09. The number of aromatic nitrogens is 1. The molecule has 162 valence electrons. The number of hydrogen-bond acceptors (Lipinski definition) is 5. The molecule has 0 radical (unpaired) electrons. The molecule has 0 saturated carbocycles. The number of halogens is 1. The second-order valence-electron chi connectivity index (χ2n) is 7.74. The van der Waals surface area contributed by atoms with Crippen molar-refractivity contribution >= 4 is 34.7 Å². The molecule has 0 spiro atoms. The first-order valence-corrected chi connectivity index (χ1v) is 10.5. The third-order valence-corrected chi connectivity index (χ3v) is 5.66. The Bertz CT molecular complexity index is 1190. The summed E-state index contributed by atoms with van der Waals surface area (Å²) in [4.78, 5) is 33.9. The molecule has 2 heterocycles. The summed E-state index contributed by atoms with van der Waals surface area (Å²) in [6.45, 7) is 0.137. The van der Waals surface area contributed by atoms with Crippen molar-refractivity contribution < 1.29 is 14.7 Å². The summed E-state index contributed by atoms with van der Waals surface area (Å²) in [6, 6.07) is 18.8. The van der Waals surface area contributed by atoms with E-state index < -0.39 is 17.7 Å². The largest absolute Gasteiger partial charge is 0.507 e. The summed E-state index contributed by atoms with van der Waals surface area (Å²) in [6.07, 6.45) is 1.64. The average Bonchev–Trinajstić information content (AvgIpc) is 3.04. The van der Waals surface area contributed by atoms with E-state index in [1.54, 1.807) is 42.6 Å². The minimum Gasteiger partial charge on any atom is -0.507 e. The topological polar surface area (TPSA) is 73.7 Å². The lowest BCUT2D eigenvalue weighted by atomic mass is 9.95. The molecule has 32 heavy (non-hydrogen) atoms. The predicted molar refractivity (Wildman–Crippen MR) is 124 cm³/mol. The molecular weight excluding hydrogens is 426 g/mol. The third-order valence-electron chi connectivity index (χ3n) is 5.42. The van der Waals surface area contributed by atoms with Crippen LogP contribution in [-0.2, 0) is 16.1 Å². The van der Waals surface area contributed by atoms with Gasteiger partial charge in [-0.15, -0.1) is 0 Å². The summed E-state index contributed by atoms with van der Waals surface area (Å²) in [7, 11) is 3.86. The molecule has 1 atom stereocenters. The average molecular weight is 448 g/mol. The van der Waals surface area contributed by atoms with Crippen LogP contribution in [0, 0.1) is 0 Å². The van der Waals surface area contributed by atoms with Crippen molar-refractivity contribution in [3.8, 4) is 0 Å². The maximum Gasteiger partial charge on any atom is 0.296 e. The Morgan fingerprint density at radius 1 is 1.06 bits per heavy atom. The summed E-state index contributed by atoms with van der Waals surface area (Å²) in [5.41, 5.74) is 2.75. The van der Waals surface area contributed by atoms with Gasteiger partial charge >= 0.3 is 0 Å². The van der Waals surface area contributed by atoms with Crippen molar-refractivity contribution in [2.24, 2.45) is 0 Å². The highest BCUT2D eigenvalue weighted by Gasteiger charge is 2.46. The van der Waals surface area contributed by atoms with Crippen molar-refractivity contribution in [2.45, 2.75) is 12.6 Å². The van der Waals surface area contributed by atoms with Gasteiger partial charge < -0.3 is 14.9 Å². The van der Waals surface area contributed by atoms with E-state index >= 15 is 0 Å². The molecule has 1 aliphatic heterocycles. The van der Waals surface area contributed by atoms with Crippen LogP contribution in [0.4, 0.5) is 5.69 Å². The van der Waals surface area contributed by atoms with Crippen molar-refractivity contribution in [1.82, 2.24) is 9.88 Å². The molecule has 1 fully saturated rings. The van der Waals surface area contributed by atoms with Gasteiger partial charge in [0.2, 0.25) is 0 Å². The van der Waals surface area contributed by atoms with E-state index in [1.165, 1.54) is 4.90 Å². The second kappa shape index (κ2) is 8.85. The maximum absolute atomic E-state index is 13.1. The van der Waals surface area contributed by atoms with Crippen LogP contribution in [0.2, 0.25) is 5.02 Å². The van der Waals surface area contributed by atoms with E-state index in [0.717, 1.165) is 5.69 Å². The van der Waals surface area contributed by atoms with Gasteiger partial charge in [0.15, 0.2) is 0 Å². The molecule has 1 aliphatic rings. The number of aliphatic hydroxyl groups excluding tert-OH is 1. The van der Waals surface area contributed by atoms with Crippen molar-refractivity contribution in [1.29, 1.82) is 0 Å². The molecule has 3 aromatic rings. The fourth-order valence-electron chi connectivity index (χ4n) is 3.80. The molecule has 1 amide bonds. The van der Waals surface area contributed by atoms with Gasteiger partial charge in [-0.1, -0.05) is 41.9 Å². The van der Waals surface area contributed by atoms with Gasteiger partial charge in [0, 0.05) is 36.6 Å². The van der Waals surface area contributed by atoms with Gasteiger partial charge in [-0.25, -0.2) is 0 Å². The number of ketones is 1. The van der Waals surface area contributed by atoms with Crippen LogP contribution in [0.5, 0.6) is 0 Å².